The largest absolute Gasteiger partial charge is 0.349 e. The number of benzene rings is 2. The van der Waals surface area contributed by atoms with Gasteiger partial charge >= 0.3 is 0 Å². The lowest BCUT2D eigenvalue weighted by atomic mass is 10.0. The molecule has 9 heteroatoms. The number of hydrogen-bond donors (Lipinski definition) is 2. The van der Waals surface area contributed by atoms with Gasteiger partial charge in [0.25, 0.3) is 11.6 Å². The van der Waals surface area contributed by atoms with Crippen molar-refractivity contribution in [1.29, 1.82) is 0 Å². The van der Waals surface area contributed by atoms with E-state index >= 15 is 0 Å². The Morgan fingerprint density at radius 2 is 1.84 bits per heavy atom. The quantitative estimate of drug-likeness (QED) is 0.520. The van der Waals surface area contributed by atoms with Gasteiger partial charge in [0.05, 0.1) is 16.2 Å². The lowest BCUT2D eigenvalue weighted by molar-refractivity contribution is -0.385. The standard InChI is InChI=1S/C22H25FN4O4/c1-15-19(3-2-4-20(15)27(30)31)25-21(28)11-14-26-12-9-18(10-13-26)24-22(29)16-5-7-17(23)8-6-16/h2-8,18H,9-14H2,1H3,(H,24,29)(H,25,28). The first-order valence-electron chi connectivity index (χ1n) is 10.2. The summed E-state index contributed by atoms with van der Waals surface area (Å²) in [5.41, 5.74) is 1.28. The highest BCUT2D eigenvalue weighted by atomic mass is 19.1. The van der Waals surface area contributed by atoms with Crippen molar-refractivity contribution in [2.75, 3.05) is 25.0 Å². The van der Waals surface area contributed by atoms with Gasteiger partial charge in [-0.2, -0.15) is 0 Å². The summed E-state index contributed by atoms with van der Waals surface area (Å²) >= 11 is 0. The molecule has 2 amide bonds. The molecule has 2 aromatic rings. The van der Waals surface area contributed by atoms with Gasteiger partial charge in [-0.3, -0.25) is 19.7 Å². The minimum absolute atomic E-state index is 0.0254. The van der Waals surface area contributed by atoms with Crippen molar-refractivity contribution < 1.29 is 18.9 Å². The lowest BCUT2D eigenvalue weighted by Gasteiger charge is -2.32. The van der Waals surface area contributed by atoms with Gasteiger partial charge in [0.1, 0.15) is 5.82 Å². The number of amides is 2. The van der Waals surface area contributed by atoms with Crippen LogP contribution in [0.5, 0.6) is 0 Å². The maximum Gasteiger partial charge on any atom is 0.274 e. The molecule has 8 nitrogen and oxygen atoms in total. The van der Waals surface area contributed by atoms with Crippen LogP contribution in [0.15, 0.2) is 42.5 Å². The molecule has 0 radical (unpaired) electrons. The summed E-state index contributed by atoms with van der Waals surface area (Å²) in [6, 6.07) is 10.1. The van der Waals surface area contributed by atoms with E-state index in [1.165, 1.54) is 30.3 Å². The first-order chi connectivity index (χ1) is 14.8. The van der Waals surface area contributed by atoms with Crippen molar-refractivity contribution in [2.45, 2.75) is 32.2 Å². The fraction of sp³-hybridized carbons (Fsp3) is 0.364. The fourth-order valence-corrected chi connectivity index (χ4v) is 3.60. The SMILES string of the molecule is Cc1c(NC(=O)CCN2CCC(NC(=O)c3ccc(F)cc3)CC2)cccc1[N+](=O)[O-]. The van der Waals surface area contributed by atoms with Crippen LogP contribution < -0.4 is 10.6 Å². The maximum atomic E-state index is 13.0. The highest BCUT2D eigenvalue weighted by Crippen LogP contribution is 2.25. The number of nitro groups is 1. The van der Waals surface area contributed by atoms with E-state index in [0.29, 0.717) is 23.4 Å². The summed E-state index contributed by atoms with van der Waals surface area (Å²) in [6.45, 7) is 3.67. The molecular weight excluding hydrogens is 403 g/mol. The number of nitro benzene ring substituents is 1. The number of nitrogens with one attached hydrogen (secondary N) is 2. The van der Waals surface area contributed by atoms with Gasteiger partial charge in [-0.1, -0.05) is 6.07 Å². The van der Waals surface area contributed by atoms with E-state index in [1.807, 2.05) is 0 Å². The number of halogens is 1. The maximum absolute atomic E-state index is 13.0. The number of piperidine rings is 1. The predicted molar refractivity (Wildman–Crippen MR) is 114 cm³/mol. The molecule has 0 atom stereocenters. The smallest absolute Gasteiger partial charge is 0.274 e. The number of carbonyl (C=O) groups excluding carboxylic acids is 2. The van der Waals surface area contributed by atoms with Crippen molar-refractivity contribution in [3.63, 3.8) is 0 Å². The van der Waals surface area contributed by atoms with Crippen LogP contribution in [-0.4, -0.2) is 47.3 Å². The third-order valence-corrected chi connectivity index (χ3v) is 5.46. The third kappa shape index (κ3) is 6.08. The highest BCUT2D eigenvalue weighted by Gasteiger charge is 2.22. The summed E-state index contributed by atoms with van der Waals surface area (Å²) in [5, 5.41) is 16.7. The molecule has 31 heavy (non-hydrogen) atoms. The number of nitrogens with zero attached hydrogens (tertiary/aromatic N) is 2. The van der Waals surface area contributed by atoms with Gasteiger partial charge < -0.3 is 15.5 Å². The Labute approximate surface area is 179 Å². The second kappa shape index (κ2) is 10.1. The zero-order valence-electron chi connectivity index (χ0n) is 17.3. The monoisotopic (exact) mass is 428 g/mol. The van der Waals surface area contributed by atoms with Gasteiger partial charge in [-0.15, -0.1) is 0 Å². The molecule has 1 aliphatic heterocycles. The number of anilines is 1. The number of hydrogen-bond acceptors (Lipinski definition) is 5. The summed E-state index contributed by atoms with van der Waals surface area (Å²) in [6.07, 6.45) is 1.80. The Hall–Kier alpha value is -3.33. The minimum atomic E-state index is -0.468. The van der Waals surface area contributed by atoms with Gasteiger partial charge in [-0.25, -0.2) is 4.39 Å². The zero-order valence-corrected chi connectivity index (χ0v) is 17.3. The molecule has 2 N–H and O–H groups in total. The molecule has 1 aliphatic rings. The molecule has 164 valence electrons. The summed E-state index contributed by atoms with van der Waals surface area (Å²) in [5.74, 6) is -0.796. The van der Waals surface area contributed by atoms with E-state index in [4.69, 9.17) is 0 Å². The Kier molecular flexibility index (Phi) is 7.30. The fourth-order valence-electron chi connectivity index (χ4n) is 3.60. The molecule has 2 aromatic carbocycles. The average molecular weight is 428 g/mol. The van der Waals surface area contributed by atoms with E-state index in [1.54, 1.807) is 19.1 Å². The number of carbonyl (C=O) groups is 2. The van der Waals surface area contributed by atoms with Crippen LogP contribution in [0.25, 0.3) is 0 Å². The Balaban J connectivity index is 1.41. The molecule has 1 fully saturated rings. The van der Waals surface area contributed by atoms with Crippen molar-refractivity contribution in [3.8, 4) is 0 Å². The topological polar surface area (TPSA) is 105 Å². The van der Waals surface area contributed by atoms with Crippen molar-refractivity contribution in [2.24, 2.45) is 0 Å². The van der Waals surface area contributed by atoms with Crippen LogP contribution in [-0.2, 0) is 4.79 Å². The first-order valence-corrected chi connectivity index (χ1v) is 10.2. The molecule has 1 saturated heterocycles. The minimum Gasteiger partial charge on any atom is -0.349 e. The van der Waals surface area contributed by atoms with Crippen LogP contribution in [0.1, 0.15) is 35.2 Å². The van der Waals surface area contributed by atoms with Gasteiger partial charge in [-0.05, 0) is 50.1 Å². The predicted octanol–water partition coefficient (Wildman–Crippen LogP) is 3.27. The van der Waals surface area contributed by atoms with E-state index in [9.17, 15) is 24.1 Å². The second-order valence-electron chi connectivity index (χ2n) is 7.60. The molecule has 1 heterocycles. The van der Waals surface area contributed by atoms with Crippen LogP contribution in [0.2, 0.25) is 0 Å². The zero-order chi connectivity index (χ0) is 22.4. The molecule has 0 saturated carbocycles. The number of likely N-dealkylation sites (tertiary alicyclic amines) is 1. The lowest BCUT2D eigenvalue weighted by Crippen LogP contribution is -2.45. The van der Waals surface area contributed by atoms with E-state index in [-0.39, 0.29) is 35.8 Å². The molecular formula is C22H25FN4O4. The summed E-state index contributed by atoms with van der Waals surface area (Å²) in [4.78, 5) is 37.2. The summed E-state index contributed by atoms with van der Waals surface area (Å²) < 4.78 is 13.0. The average Bonchev–Trinajstić information content (AvgIpc) is 2.75. The summed E-state index contributed by atoms with van der Waals surface area (Å²) in [7, 11) is 0. The van der Waals surface area contributed by atoms with Crippen LogP contribution in [0.3, 0.4) is 0 Å². The molecule has 0 bridgehead atoms. The van der Waals surface area contributed by atoms with Crippen molar-refractivity contribution in [3.05, 3.63) is 69.5 Å². The molecule has 0 unspecified atom stereocenters. The molecule has 0 aromatic heterocycles. The molecule has 3 rings (SSSR count). The van der Waals surface area contributed by atoms with Crippen molar-refractivity contribution >= 4 is 23.2 Å². The Morgan fingerprint density at radius 3 is 2.48 bits per heavy atom. The first kappa shape index (κ1) is 22.4. The Morgan fingerprint density at radius 1 is 1.16 bits per heavy atom. The van der Waals surface area contributed by atoms with Crippen LogP contribution in [0, 0.1) is 22.9 Å². The van der Waals surface area contributed by atoms with E-state index < -0.39 is 4.92 Å². The van der Waals surface area contributed by atoms with Crippen LogP contribution >= 0.6 is 0 Å². The number of rotatable bonds is 7. The molecule has 0 aliphatic carbocycles. The third-order valence-electron chi connectivity index (χ3n) is 5.46. The highest BCUT2D eigenvalue weighted by molar-refractivity contribution is 5.94. The van der Waals surface area contributed by atoms with Gasteiger partial charge in [0, 0.05) is 43.7 Å². The van der Waals surface area contributed by atoms with Crippen LogP contribution in [0.4, 0.5) is 15.8 Å². The van der Waals surface area contributed by atoms with Gasteiger partial charge in [0.15, 0.2) is 0 Å². The van der Waals surface area contributed by atoms with Gasteiger partial charge in [0.2, 0.25) is 5.91 Å². The van der Waals surface area contributed by atoms with E-state index in [2.05, 4.69) is 15.5 Å². The van der Waals surface area contributed by atoms with E-state index in [0.717, 1.165) is 25.9 Å². The molecule has 0 spiro atoms. The normalized spacial score (nSPS) is 14.8. The Bertz CT molecular complexity index is 956. The second-order valence-corrected chi connectivity index (χ2v) is 7.60. The van der Waals surface area contributed by atoms with Crippen molar-refractivity contribution in [1.82, 2.24) is 10.2 Å².